The molecular weight excluding hydrogens is 392 g/mol. The summed E-state index contributed by atoms with van der Waals surface area (Å²) in [6, 6.07) is 13.9. The van der Waals surface area contributed by atoms with Gasteiger partial charge >= 0.3 is 5.97 Å². The van der Waals surface area contributed by atoms with Crippen molar-refractivity contribution in [2.75, 3.05) is 6.54 Å². The zero-order valence-corrected chi connectivity index (χ0v) is 17.9. The average Bonchev–Trinajstić information content (AvgIpc) is 3.37. The Balaban J connectivity index is 1.62. The van der Waals surface area contributed by atoms with Gasteiger partial charge in [0.15, 0.2) is 0 Å². The first kappa shape index (κ1) is 19.9. The molecule has 2 amide bonds. The summed E-state index contributed by atoms with van der Waals surface area (Å²) in [4.78, 5) is 40.1. The Morgan fingerprint density at radius 3 is 2.52 bits per heavy atom. The first-order chi connectivity index (χ1) is 14.8. The van der Waals surface area contributed by atoms with Crippen LogP contribution in [0.25, 0.3) is 11.1 Å². The number of likely N-dealkylation sites (tertiary alicyclic amines) is 1. The molecule has 0 aromatic heterocycles. The van der Waals surface area contributed by atoms with E-state index in [9.17, 15) is 19.5 Å². The van der Waals surface area contributed by atoms with Crippen LogP contribution in [-0.4, -0.2) is 39.9 Å². The van der Waals surface area contributed by atoms with Gasteiger partial charge in [0.25, 0.3) is 0 Å². The third-order valence-electron chi connectivity index (χ3n) is 7.44. The van der Waals surface area contributed by atoms with E-state index >= 15 is 0 Å². The number of amides is 2. The number of nitrogens with zero attached hydrogens (tertiary/aromatic N) is 1. The van der Waals surface area contributed by atoms with Gasteiger partial charge in [0.1, 0.15) is 5.54 Å². The van der Waals surface area contributed by atoms with Crippen LogP contribution in [0.5, 0.6) is 0 Å². The van der Waals surface area contributed by atoms with Gasteiger partial charge < -0.3 is 5.11 Å². The Morgan fingerprint density at radius 1 is 1.13 bits per heavy atom. The predicted octanol–water partition coefficient (Wildman–Crippen LogP) is 3.00. The minimum absolute atomic E-state index is 0.255. The molecule has 3 aliphatic rings. The average molecular weight is 418 g/mol. The summed E-state index contributed by atoms with van der Waals surface area (Å²) in [5.74, 6) is -3.72. The van der Waals surface area contributed by atoms with E-state index in [2.05, 4.69) is 29.6 Å². The van der Waals surface area contributed by atoms with Crippen LogP contribution < -0.4 is 5.32 Å². The van der Waals surface area contributed by atoms with E-state index in [-0.39, 0.29) is 24.3 Å². The molecular formula is C25H26N2O4. The van der Waals surface area contributed by atoms with Crippen LogP contribution in [0.4, 0.5) is 0 Å². The number of benzene rings is 2. The predicted molar refractivity (Wildman–Crippen MR) is 115 cm³/mol. The molecule has 6 nitrogen and oxygen atoms in total. The molecule has 0 bridgehead atoms. The summed E-state index contributed by atoms with van der Waals surface area (Å²) in [5.41, 5.74) is 4.20. The van der Waals surface area contributed by atoms with Crippen LogP contribution >= 0.6 is 0 Å². The lowest BCUT2D eigenvalue weighted by Gasteiger charge is -2.34. The van der Waals surface area contributed by atoms with Gasteiger partial charge in [0, 0.05) is 12.6 Å². The lowest BCUT2D eigenvalue weighted by atomic mass is 9.73. The normalized spacial score (nSPS) is 28.8. The highest BCUT2D eigenvalue weighted by Crippen LogP contribution is 2.52. The van der Waals surface area contributed by atoms with Crippen molar-refractivity contribution >= 4 is 17.8 Å². The molecule has 5 rings (SSSR count). The maximum absolute atomic E-state index is 13.2. The molecule has 0 spiro atoms. The number of carbonyl (C=O) groups excluding carboxylic acids is 2. The van der Waals surface area contributed by atoms with E-state index in [1.807, 2.05) is 18.2 Å². The fourth-order valence-corrected chi connectivity index (χ4v) is 5.93. The van der Waals surface area contributed by atoms with Crippen LogP contribution in [0, 0.1) is 17.8 Å². The number of carboxylic acids is 1. The van der Waals surface area contributed by atoms with Crippen LogP contribution in [0.2, 0.25) is 0 Å². The molecule has 1 aliphatic carbocycles. The summed E-state index contributed by atoms with van der Waals surface area (Å²) in [6.07, 6.45) is 0.808. The molecule has 2 fully saturated rings. The lowest BCUT2D eigenvalue weighted by Crippen LogP contribution is -2.59. The van der Waals surface area contributed by atoms with E-state index < -0.39 is 29.4 Å². The zero-order chi connectivity index (χ0) is 22.1. The molecule has 6 heteroatoms. The van der Waals surface area contributed by atoms with E-state index in [4.69, 9.17) is 0 Å². The van der Waals surface area contributed by atoms with Crippen molar-refractivity contribution in [3.05, 3.63) is 59.2 Å². The standard InChI is InChI=1S/C25H26N2O4/c1-4-27-22(28)19-20(23(27)29)25(13(2)3,24(30)31)26-21(19)15-9-10-18-16(12-15)11-14-7-5-6-8-17(14)18/h5-10,12-13,19-21,26H,4,11H2,1-3H3,(H,30,31). The maximum Gasteiger partial charge on any atom is 0.325 e. The van der Waals surface area contributed by atoms with Crippen molar-refractivity contribution in [1.82, 2.24) is 10.2 Å². The van der Waals surface area contributed by atoms with Gasteiger partial charge in [0.05, 0.1) is 11.8 Å². The number of carbonyl (C=O) groups is 3. The van der Waals surface area contributed by atoms with Gasteiger partial charge in [-0.25, -0.2) is 0 Å². The third-order valence-corrected chi connectivity index (χ3v) is 7.44. The first-order valence-electron chi connectivity index (χ1n) is 10.9. The van der Waals surface area contributed by atoms with Crippen molar-refractivity contribution in [3.63, 3.8) is 0 Å². The number of imide groups is 1. The number of aliphatic carboxylic acids is 1. The Labute approximate surface area is 181 Å². The Kier molecular flexibility index (Phi) is 4.35. The number of hydrogen-bond donors (Lipinski definition) is 2. The first-order valence-corrected chi connectivity index (χ1v) is 10.9. The lowest BCUT2D eigenvalue weighted by molar-refractivity contribution is -0.153. The van der Waals surface area contributed by atoms with E-state index in [0.29, 0.717) is 0 Å². The smallest absolute Gasteiger partial charge is 0.325 e. The van der Waals surface area contributed by atoms with Gasteiger partial charge in [-0.3, -0.25) is 24.6 Å². The highest BCUT2D eigenvalue weighted by atomic mass is 16.4. The SMILES string of the molecule is CCN1C(=O)C2C(c3ccc4c(c3)Cc3ccccc3-4)NC(C(=O)O)(C(C)C)C2C1=O. The fourth-order valence-electron chi connectivity index (χ4n) is 5.93. The largest absolute Gasteiger partial charge is 0.480 e. The third kappa shape index (κ3) is 2.51. The van der Waals surface area contributed by atoms with E-state index in [1.165, 1.54) is 27.2 Å². The number of fused-ring (bicyclic) bond motifs is 4. The van der Waals surface area contributed by atoms with Crippen LogP contribution in [0.1, 0.15) is 43.5 Å². The molecule has 0 saturated carbocycles. The van der Waals surface area contributed by atoms with E-state index in [1.54, 1.807) is 20.8 Å². The summed E-state index contributed by atoms with van der Waals surface area (Å²) in [7, 11) is 0. The van der Waals surface area contributed by atoms with Gasteiger partial charge in [-0.1, -0.05) is 56.3 Å². The van der Waals surface area contributed by atoms with E-state index in [0.717, 1.165) is 12.0 Å². The summed E-state index contributed by atoms with van der Waals surface area (Å²) in [5, 5.41) is 13.5. The number of carboxylic acid groups (broad SMARTS) is 1. The summed E-state index contributed by atoms with van der Waals surface area (Å²) < 4.78 is 0. The molecule has 2 aliphatic heterocycles. The molecule has 160 valence electrons. The Morgan fingerprint density at radius 2 is 1.84 bits per heavy atom. The van der Waals surface area contributed by atoms with Gasteiger partial charge in [0.2, 0.25) is 11.8 Å². The second kappa shape index (κ2) is 6.76. The van der Waals surface area contributed by atoms with Crippen molar-refractivity contribution < 1.29 is 19.5 Å². The highest BCUT2D eigenvalue weighted by Gasteiger charge is 2.69. The second-order valence-electron chi connectivity index (χ2n) is 9.13. The zero-order valence-electron chi connectivity index (χ0n) is 17.9. The van der Waals surface area contributed by atoms with Crippen molar-refractivity contribution in [3.8, 4) is 11.1 Å². The molecule has 2 aromatic rings. The molecule has 31 heavy (non-hydrogen) atoms. The second-order valence-corrected chi connectivity index (χ2v) is 9.13. The monoisotopic (exact) mass is 418 g/mol. The molecule has 2 heterocycles. The fraction of sp³-hybridized carbons (Fsp3) is 0.400. The molecule has 4 atom stereocenters. The van der Waals surface area contributed by atoms with Crippen LogP contribution in [0.3, 0.4) is 0 Å². The minimum atomic E-state index is -1.48. The van der Waals surface area contributed by atoms with Gasteiger partial charge in [-0.2, -0.15) is 0 Å². The van der Waals surface area contributed by atoms with Crippen molar-refractivity contribution in [1.29, 1.82) is 0 Å². The van der Waals surface area contributed by atoms with Crippen molar-refractivity contribution in [2.24, 2.45) is 17.8 Å². The summed E-state index contributed by atoms with van der Waals surface area (Å²) in [6.45, 7) is 5.60. The Bertz CT molecular complexity index is 1120. The molecule has 2 N–H and O–H groups in total. The number of rotatable bonds is 4. The van der Waals surface area contributed by atoms with Gasteiger partial charge in [-0.15, -0.1) is 0 Å². The topological polar surface area (TPSA) is 86.7 Å². The molecule has 0 radical (unpaired) electrons. The van der Waals surface area contributed by atoms with Crippen LogP contribution in [-0.2, 0) is 20.8 Å². The number of nitrogens with one attached hydrogen (secondary N) is 1. The minimum Gasteiger partial charge on any atom is -0.480 e. The maximum atomic E-state index is 13.2. The highest BCUT2D eigenvalue weighted by molar-refractivity contribution is 6.09. The Hall–Kier alpha value is -2.99. The molecule has 4 unspecified atom stereocenters. The van der Waals surface area contributed by atoms with Crippen LogP contribution in [0.15, 0.2) is 42.5 Å². The quantitative estimate of drug-likeness (QED) is 0.636. The number of hydrogen-bond acceptors (Lipinski definition) is 4. The van der Waals surface area contributed by atoms with Gasteiger partial charge in [-0.05, 0) is 47.1 Å². The molecule has 2 aromatic carbocycles. The molecule has 2 saturated heterocycles. The van der Waals surface area contributed by atoms with Crippen molar-refractivity contribution in [2.45, 2.75) is 38.8 Å². The summed E-state index contributed by atoms with van der Waals surface area (Å²) >= 11 is 0.